The number of hydrogen-bond donors (Lipinski definition) is 1. The van der Waals surface area contributed by atoms with E-state index in [0.29, 0.717) is 17.6 Å². The molecule has 0 bridgehead atoms. The quantitative estimate of drug-likeness (QED) is 0.695. The van der Waals surface area contributed by atoms with Gasteiger partial charge in [-0.1, -0.05) is 6.07 Å². The lowest BCUT2D eigenvalue weighted by molar-refractivity contribution is -0.138. The molecule has 3 heterocycles. The smallest absolute Gasteiger partial charge is 0.417 e. The van der Waals surface area contributed by atoms with Gasteiger partial charge in [0.2, 0.25) is 0 Å². The summed E-state index contributed by atoms with van der Waals surface area (Å²) in [5.41, 5.74) is -1.77. The van der Waals surface area contributed by atoms with Crippen LogP contribution in [0.3, 0.4) is 0 Å². The van der Waals surface area contributed by atoms with Crippen LogP contribution in [0.25, 0.3) is 0 Å². The zero-order chi connectivity index (χ0) is 23.8. The molecule has 2 aromatic rings. The molecule has 0 radical (unpaired) electrons. The van der Waals surface area contributed by atoms with E-state index in [4.69, 9.17) is 9.84 Å². The van der Waals surface area contributed by atoms with Gasteiger partial charge in [0.25, 0.3) is 5.91 Å². The van der Waals surface area contributed by atoms with Gasteiger partial charge in [-0.2, -0.15) is 13.2 Å². The zero-order valence-electron chi connectivity index (χ0n) is 17.3. The number of benzene rings is 1. The minimum Gasteiger partial charge on any atom is -0.441 e. The van der Waals surface area contributed by atoms with Crippen LogP contribution in [-0.2, 0) is 10.9 Å². The highest BCUT2D eigenvalue weighted by Crippen LogP contribution is 2.34. The summed E-state index contributed by atoms with van der Waals surface area (Å²) in [7, 11) is 0. The monoisotopic (exact) mass is 468 g/mol. The first-order valence-corrected chi connectivity index (χ1v) is 10.1. The Hall–Kier alpha value is -3.41. The molecule has 1 atom stereocenters. The Kier molecular flexibility index (Phi) is 6.11. The number of amides is 2. The Bertz CT molecular complexity index is 1040. The SMILES string of the molecule is O=C(c1c(F)cccc1C(F)(F)F)N1CCN(c2ccc(N3C[C@H](CO)OC3=O)cn2)CC1. The summed E-state index contributed by atoms with van der Waals surface area (Å²) in [6.07, 6.45) is -4.56. The topological polar surface area (TPSA) is 86.2 Å². The molecule has 2 fully saturated rings. The molecular weight excluding hydrogens is 448 g/mol. The van der Waals surface area contributed by atoms with Gasteiger partial charge in [0, 0.05) is 26.2 Å². The molecule has 1 N–H and O–H groups in total. The number of halogens is 4. The normalized spacial score (nSPS) is 19.1. The van der Waals surface area contributed by atoms with Gasteiger partial charge in [-0.05, 0) is 24.3 Å². The van der Waals surface area contributed by atoms with E-state index < -0.39 is 41.2 Å². The molecule has 1 aromatic heterocycles. The van der Waals surface area contributed by atoms with E-state index in [1.54, 1.807) is 12.1 Å². The molecule has 8 nitrogen and oxygen atoms in total. The molecule has 176 valence electrons. The Labute approximate surface area is 186 Å². The van der Waals surface area contributed by atoms with Crippen LogP contribution in [0.4, 0.5) is 33.9 Å². The average Bonchev–Trinajstić information content (AvgIpc) is 3.19. The van der Waals surface area contributed by atoms with Crippen molar-refractivity contribution in [1.29, 1.82) is 0 Å². The van der Waals surface area contributed by atoms with E-state index >= 15 is 0 Å². The minimum atomic E-state index is -4.85. The molecule has 0 aliphatic carbocycles. The predicted molar refractivity (Wildman–Crippen MR) is 108 cm³/mol. The number of ether oxygens (including phenoxy) is 1. The summed E-state index contributed by atoms with van der Waals surface area (Å²) >= 11 is 0. The third-order valence-corrected chi connectivity index (χ3v) is 5.55. The van der Waals surface area contributed by atoms with Gasteiger partial charge in [-0.25, -0.2) is 14.2 Å². The lowest BCUT2D eigenvalue weighted by Crippen LogP contribution is -2.49. The van der Waals surface area contributed by atoms with Crippen LogP contribution in [0.5, 0.6) is 0 Å². The van der Waals surface area contributed by atoms with E-state index in [-0.39, 0.29) is 39.3 Å². The number of aliphatic hydroxyl groups excluding tert-OH is 1. The maximum Gasteiger partial charge on any atom is 0.417 e. The summed E-state index contributed by atoms with van der Waals surface area (Å²) in [6, 6.07) is 5.79. The Morgan fingerprint density at radius 1 is 1.15 bits per heavy atom. The summed E-state index contributed by atoms with van der Waals surface area (Å²) in [5, 5.41) is 9.14. The number of piperazine rings is 1. The molecule has 2 aliphatic heterocycles. The van der Waals surface area contributed by atoms with Crippen LogP contribution in [-0.4, -0.2) is 72.4 Å². The molecular formula is C21H20F4N4O4. The van der Waals surface area contributed by atoms with Crippen molar-refractivity contribution in [1.82, 2.24) is 9.88 Å². The number of carbonyl (C=O) groups is 2. The number of carbonyl (C=O) groups excluding carboxylic acids is 2. The van der Waals surface area contributed by atoms with Gasteiger partial charge >= 0.3 is 12.3 Å². The van der Waals surface area contributed by atoms with Gasteiger partial charge in [-0.3, -0.25) is 9.69 Å². The van der Waals surface area contributed by atoms with Gasteiger partial charge in [-0.15, -0.1) is 0 Å². The highest BCUT2D eigenvalue weighted by atomic mass is 19.4. The van der Waals surface area contributed by atoms with Crippen LogP contribution in [0.1, 0.15) is 15.9 Å². The van der Waals surface area contributed by atoms with Crippen molar-refractivity contribution >= 4 is 23.5 Å². The highest BCUT2D eigenvalue weighted by molar-refractivity contribution is 5.96. The Morgan fingerprint density at radius 2 is 1.88 bits per heavy atom. The second-order valence-corrected chi connectivity index (χ2v) is 7.61. The van der Waals surface area contributed by atoms with Crippen molar-refractivity contribution in [3.05, 3.63) is 53.5 Å². The molecule has 2 saturated heterocycles. The standard InChI is InChI=1S/C21H20F4N4O4/c22-16-3-1-2-15(21(23,24)25)18(16)19(31)28-8-6-27(7-9-28)17-5-4-13(10-26-17)29-11-14(12-30)33-20(29)32/h1-5,10,14,30H,6-9,11-12H2/t14-/m1/s1. The zero-order valence-corrected chi connectivity index (χ0v) is 17.3. The predicted octanol–water partition coefficient (Wildman–Crippen LogP) is 2.52. The van der Waals surface area contributed by atoms with Gasteiger partial charge < -0.3 is 19.6 Å². The summed E-state index contributed by atoms with van der Waals surface area (Å²) in [4.78, 5) is 33.3. The number of rotatable bonds is 4. The Morgan fingerprint density at radius 3 is 2.45 bits per heavy atom. The average molecular weight is 468 g/mol. The number of cyclic esters (lactones) is 1. The lowest BCUT2D eigenvalue weighted by Gasteiger charge is -2.36. The van der Waals surface area contributed by atoms with Crippen LogP contribution in [0, 0.1) is 5.82 Å². The van der Waals surface area contributed by atoms with Crippen LogP contribution in [0.15, 0.2) is 36.5 Å². The molecule has 0 unspecified atom stereocenters. The van der Waals surface area contributed by atoms with E-state index in [0.717, 1.165) is 12.1 Å². The number of hydrogen-bond acceptors (Lipinski definition) is 6. The third kappa shape index (κ3) is 4.56. The number of aliphatic hydroxyl groups is 1. The third-order valence-electron chi connectivity index (χ3n) is 5.55. The number of pyridine rings is 1. The molecule has 0 saturated carbocycles. The lowest BCUT2D eigenvalue weighted by atomic mass is 10.0. The first-order valence-electron chi connectivity index (χ1n) is 10.1. The second kappa shape index (κ2) is 8.85. The first kappa shape index (κ1) is 22.8. The molecule has 1 aromatic carbocycles. The maximum absolute atomic E-state index is 14.1. The molecule has 12 heteroatoms. The van der Waals surface area contributed by atoms with Crippen molar-refractivity contribution in [2.45, 2.75) is 12.3 Å². The van der Waals surface area contributed by atoms with Crippen molar-refractivity contribution in [2.24, 2.45) is 0 Å². The fraction of sp³-hybridized carbons (Fsp3) is 0.381. The number of aromatic nitrogens is 1. The molecule has 0 spiro atoms. The highest BCUT2D eigenvalue weighted by Gasteiger charge is 2.38. The van der Waals surface area contributed by atoms with E-state index in [9.17, 15) is 27.2 Å². The van der Waals surface area contributed by atoms with Crippen molar-refractivity contribution < 1.29 is 37.0 Å². The number of alkyl halides is 3. The Balaban J connectivity index is 1.42. The van der Waals surface area contributed by atoms with Crippen molar-refractivity contribution in [3.8, 4) is 0 Å². The number of anilines is 2. The van der Waals surface area contributed by atoms with Crippen molar-refractivity contribution in [2.75, 3.05) is 49.1 Å². The maximum atomic E-state index is 14.1. The van der Waals surface area contributed by atoms with Gasteiger partial charge in [0.05, 0.1) is 36.2 Å². The van der Waals surface area contributed by atoms with Crippen LogP contribution in [0.2, 0.25) is 0 Å². The van der Waals surface area contributed by atoms with Crippen LogP contribution >= 0.6 is 0 Å². The second-order valence-electron chi connectivity index (χ2n) is 7.61. The molecule has 2 aliphatic rings. The van der Waals surface area contributed by atoms with Gasteiger partial charge in [0.1, 0.15) is 17.7 Å². The fourth-order valence-corrected chi connectivity index (χ4v) is 3.83. The van der Waals surface area contributed by atoms with Gasteiger partial charge in [0.15, 0.2) is 0 Å². The molecule has 33 heavy (non-hydrogen) atoms. The van der Waals surface area contributed by atoms with Crippen molar-refractivity contribution in [3.63, 3.8) is 0 Å². The minimum absolute atomic E-state index is 0.0878. The number of nitrogens with zero attached hydrogens (tertiary/aromatic N) is 4. The van der Waals surface area contributed by atoms with Crippen LogP contribution < -0.4 is 9.80 Å². The van der Waals surface area contributed by atoms with E-state index in [2.05, 4.69) is 4.98 Å². The summed E-state index contributed by atoms with van der Waals surface area (Å²) in [5.74, 6) is -1.66. The summed E-state index contributed by atoms with van der Waals surface area (Å²) < 4.78 is 58.9. The largest absolute Gasteiger partial charge is 0.441 e. The first-order chi connectivity index (χ1) is 15.7. The molecule has 4 rings (SSSR count). The van der Waals surface area contributed by atoms with E-state index in [1.807, 2.05) is 4.90 Å². The fourth-order valence-electron chi connectivity index (χ4n) is 3.83. The van der Waals surface area contributed by atoms with E-state index in [1.165, 1.54) is 16.0 Å². The summed E-state index contributed by atoms with van der Waals surface area (Å²) in [6.45, 7) is 0.661. The molecule has 2 amide bonds.